The van der Waals surface area contributed by atoms with Crippen molar-refractivity contribution in [1.82, 2.24) is 14.8 Å². The molecule has 2 aromatic rings. The van der Waals surface area contributed by atoms with E-state index in [1.54, 1.807) is 31.2 Å². The number of amides is 1. The summed E-state index contributed by atoms with van der Waals surface area (Å²) in [6.45, 7) is 3.08. The summed E-state index contributed by atoms with van der Waals surface area (Å²) in [7, 11) is 1.28. The number of esters is 1. The Hall–Kier alpha value is -2.88. The van der Waals surface area contributed by atoms with Crippen molar-refractivity contribution in [1.29, 1.82) is 0 Å². The number of carbonyl (C=O) groups is 3. The molecular formula is C16H19N5O4S. The predicted octanol–water partition coefficient (Wildman–Crippen LogP) is 1.53. The summed E-state index contributed by atoms with van der Waals surface area (Å²) in [6.07, 6.45) is 0. The van der Waals surface area contributed by atoms with Crippen LogP contribution in [-0.2, 0) is 14.3 Å². The quantitative estimate of drug-likeness (QED) is 0.422. The lowest BCUT2D eigenvalue weighted by molar-refractivity contribution is -0.137. The number of Topliss-reactive ketones (excluding diaryl/α,β-unsaturated/α-hetero) is 1. The van der Waals surface area contributed by atoms with Crippen LogP contribution in [0.5, 0.6) is 0 Å². The van der Waals surface area contributed by atoms with Gasteiger partial charge in [-0.15, -0.1) is 10.2 Å². The maximum absolute atomic E-state index is 12.6. The van der Waals surface area contributed by atoms with E-state index in [4.69, 9.17) is 5.73 Å². The van der Waals surface area contributed by atoms with Crippen molar-refractivity contribution in [2.24, 2.45) is 0 Å². The summed E-state index contributed by atoms with van der Waals surface area (Å²) < 4.78 is 6.01. The Morgan fingerprint density at radius 2 is 2.08 bits per heavy atom. The number of nitrogens with two attached hydrogens (primary N) is 1. The van der Waals surface area contributed by atoms with Gasteiger partial charge in [0.2, 0.25) is 11.9 Å². The maximum atomic E-state index is 12.6. The third-order valence-electron chi connectivity index (χ3n) is 3.54. The Morgan fingerprint density at radius 1 is 1.35 bits per heavy atom. The summed E-state index contributed by atoms with van der Waals surface area (Å²) in [5.74, 6) is -0.821. The average molecular weight is 377 g/mol. The monoisotopic (exact) mass is 377 g/mol. The molecule has 2 rings (SSSR count). The van der Waals surface area contributed by atoms with Crippen LogP contribution in [0.3, 0.4) is 0 Å². The zero-order valence-electron chi connectivity index (χ0n) is 14.6. The molecule has 0 spiro atoms. The number of methoxy groups -OCH3 is 1. The molecule has 0 bridgehead atoms. The molecule has 9 nitrogen and oxygen atoms in total. The van der Waals surface area contributed by atoms with Crippen molar-refractivity contribution in [2.75, 3.05) is 23.9 Å². The molecule has 1 atom stereocenters. The number of nitrogens with one attached hydrogen (secondary N) is 1. The zero-order chi connectivity index (χ0) is 19.3. The fraction of sp³-hybridized carbons (Fsp3) is 0.312. The second-order valence-electron chi connectivity index (χ2n) is 5.38. The number of aromatic nitrogens is 3. The molecule has 1 heterocycles. The molecule has 1 aromatic heterocycles. The van der Waals surface area contributed by atoms with E-state index in [0.717, 1.165) is 11.8 Å². The maximum Gasteiger partial charge on any atom is 0.316 e. The highest BCUT2D eigenvalue weighted by Crippen LogP contribution is 2.24. The highest BCUT2D eigenvalue weighted by atomic mass is 32.2. The van der Waals surface area contributed by atoms with E-state index in [1.807, 2.05) is 0 Å². The lowest BCUT2D eigenvalue weighted by Crippen LogP contribution is -2.25. The summed E-state index contributed by atoms with van der Waals surface area (Å²) >= 11 is 1.07. The number of nitrogen functional groups attached to an aromatic ring is 1. The number of nitrogens with zero attached hydrogens (tertiary/aromatic N) is 3. The van der Waals surface area contributed by atoms with Crippen LogP contribution in [0.4, 0.5) is 11.6 Å². The fourth-order valence-electron chi connectivity index (χ4n) is 2.11. The molecular weight excluding hydrogens is 358 g/mol. The van der Waals surface area contributed by atoms with E-state index in [2.05, 4.69) is 20.3 Å². The minimum Gasteiger partial charge on any atom is -0.468 e. The van der Waals surface area contributed by atoms with Crippen molar-refractivity contribution < 1.29 is 19.1 Å². The largest absolute Gasteiger partial charge is 0.468 e. The number of rotatable bonds is 7. The molecule has 0 aliphatic carbocycles. The summed E-state index contributed by atoms with van der Waals surface area (Å²) in [5, 5.41) is 10.7. The van der Waals surface area contributed by atoms with Crippen LogP contribution in [0.2, 0.25) is 0 Å². The predicted molar refractivity (Wildman–Crippen MR) is 97.0 cm³/mol. The number of hydrogen-bond acceptors (Lipinski definition) is 8. The highest BCUT2D eigenvalue weighted by Gasteiger charge is 2.23. The Morgan fingerprint density at radius 3 is 2.73 bits per heavy atom. The van der Waals surface area contributed by atoms with Crippen molar-refractivity contribution in [3.05, 3.63) is 29.8 Å². The number of hydrogen-bond donors (Lipinski definition) is 2. The molecule has 3 N–H and O–H groups in total. The molecule has 1 amide bonds. The Balaban J connectivity index is 2.15. The molecule has 138 valence electrons. The number of thioether (sulfide) groups is 1. The summed E-state index contributed by atoms with van der Waals surface area (Å²) in [4.78, 5) is 35.3. The molecule has 0 aliphatic rings. The van der Waals surface area contributed by atoms with Gasteiger partial charge in [-0.2, -0.15) is 0 Å². The van der Waals surface area contributed by atoms with Gasteiger partial charge < -0.3 is 15.8 Å². The molecule has 10 heteroatoms. The molecule has 1 aromatic carbocycles. The Labute approximate surface area is 154 Å². The van der Waals surface area contributed by atoms with Gasteiger partial charge in [-0.1, -0.05) is 23.9 Å². The minimum absolute atomic E-state index is 0.0175. The molecule has 1 unspecified atom stereocenters. The first kappa shape index (κ1) is 19.4. The van der Waals surface area contributed by atoms with Crippen LogP contribution in [0, 0.1) is 0 Å². The molecule has 0 saturated heterocycles. The van der Waals surface area contributed by atoms with Crippen LogP contribution >= 0.6 is 11.8 Å². The first-order valence-corrected chi connectivity index (χ1v) is 8.64. The summed E-state index contributed by atoms with van der Waals surface area (Å²) in [6, 6.07) is 5.89. The number of carbonyl (C=O) groups excluding carboxylic acids is 3. The van der Waals surface area contributed by atoms with Crippen LogP contribution < -0.4 is 11.1 Å². The first-order chi connectivity index (χ1) is 12.3. The molecule has 0 fully saturated rings. The number of ketones is 1. The highest BCUT2D eigenvalue weighted by molar-refractivity contribution is 7.99. The van der Waals surface area contributed by atoms with Gasteiger partial charge in [0.1, 0.15) is 6.04 Å². The Bertz CT molecular complexity index is 836. The minimum atomic E-state index is -0.730. The van der Waals surface area contributed by atoms with E-state index in [9.17, 15) is 14.4 Å². The van der Waals surface area contributed by atoms with Crippen LogP contribution in [0.25, 0.3) is 0 Å². The van der Waals surface area contributed by atoms with E-state index in [0.29, 0.717) is 16.4 Å². The third kappa shape index (κ3) is 4.60. The van der Waals surface area contributed by atoms with Gasteiger partial charge in [0, 0.05) is 11.3 Å². The van der Waals surface area contributed by atoms with E-state index < -0.39 is 12.0 Å². The second kappa shape index (κ2) is 8.48. The lowest BCUT2D eigenvalue weighted by atomic mass is 10.1. The van der Waals surface area contributed by atoms with Crippen LogP contribution in [0.1, 0.15) is 30.2 Å². The number of ether oxygens (including phenoxy) is 1. The number of anilines is 2. The van der Waals surface area contributed by atoms with Crippen LogP contribution in [-0.4, -0.2) is 45.3 Å². The van der Waals surface area contributed by atoms with Gasteiger partial charge in [-0.05, 0) is 26.0 Å². The first-order valence-electron chi connectivity index (χ1n) is 7.65. The zero-order valence-corrected chi connectivity index (χ0v) is 15.4. The van der Waals surface area contributed by atoms with Crippen molar-refractivity contribution >= 4 is 41.1 Å². The fourth-order valence-corrected chi connectivity index (χ4v) is 2.97. The Kier molecular flexibility index (Phi) is 6.34. The average Bonchev–Trinajstić information content (AvgIpc) is 2.99. The molecule has 0 radical (unpaired) electrons. The van der Waals surface area contributed by atoms with Crippen molar-refractivity contribution in [3.63, 3.8) is 0 Å². The van der Waals surface area contributed by atoms with E-state index in [-0.39, 0.29) is 23.4 Å². The molecule has 0 aliphatic heterocycles. The van der Waals surface area contributed by atoms with E-state index >= 15 is 0 Å². The van der Waals surface area contributed by atoms with Gasteiger partial charge in [-0.3, -0.25) is 19.0 Å². The number of benzene rings is 1. The normalized spacial score (nSPS) is 11.7. The molecule has 0 saturated carbocycles. The topological polar surface area (TPSA) is 129 Å². The van der Waals surface area contributed by atoms with Gasteiger partial charge >= 0.3 is 5.97 Å². The third-order valence-corrected chi connectivity index (χ3v) is 4.46. The van der Waals surface area contributed by atoms with Crippen molar-refractivity contribution in [2.45, 2.75) is 25.0 Å². The van der Waals surface area contributed by atoms with Gasteiger partial charge in [0.25, 0.3) is 0 Å². The van der Waals surface area contributed by atoms with Crippen molar-refractivity contribution in [3.8, 4) is 0 Å². The van der Waals surface area contributed by atoms with Gasteiger partial charge in [0.05, 0.1) is 12.9 Å². The smallest absolute Gasteiger partial charge is 0.316 e. The van der Waals surface area contributed by atoms with Gasteiger partial charge in [0.15, 0.2) is 10.9 Å². The SMILES string of the molecule is COC(=O)CSc1nnc(N)n1C(C)C(=O)Nc1cccc(C(C)=O)c1. The standard InChI is InChI=1S/C16H19N5O4S/c1-9(14(24)18-12-6-4-5-11(7-12)10(2)22)21-15(17)19-20-16(21)26-8-13(23)25-3/h4-7,9H,8H2,1-3H3,(H2,17,19)(H,18,24). The second-order valence-corrected chi connectivity index (χ2v) is 6.32. The van der Waals surface area contributed by atoms with E-state index in [1.165, 1.54) is 18.6 Å². The van der Waals surface area contributed by atoms with Crippen LogP contribution in [0.15, 0.2) is 29.4 Å². The summed E-state index contributed by atoms with van der Waals surface area (Å²) in [5.41, 5.74) is 6.80. The lowest BCUT2D eigenvalue weighted by Gasteiger charge is -2.16. The molecule has 26 heavy (non-hydrogen) atoms. The van der Waals surface area contributed by atoms with Gasteiger partial charge in [-0.25, -0.2) is 0 Å².